The Labute approximate surface area is 164 Å². The summed E-state index contributed by atoms with van der Waals surface area (Å²) in [5, 5.41) is 4.32. The van der Waals surface area contributed by atoms with Crippen molar-refractivity contribution in [2.24, 2.45) is 0 Å². The van der Waals surface area contributed by atoms with Crippen LogP contribution in [0.3, 0.4) is 0 Å². The Balaban J connectivity index is 1.69. The number of hydrogen-bond donors (Lipinski definition) is 0. The van der Waals surface area contributed by atoms with E-state index in [0.717, 1.165) is 35.7 Å². The number of nitrogens with zero attached hydrogens (tertiary/aromatic N) is 4. The van der Waals surface area contributed by atoms with E-state index in [1.54, 1.807) is 11.9 Å². The third kappa shape index (κ3) is 3.19. The molecule has 1 aromatic carbocycles. The lowest BCUT2D eigenvalue weighted by Gasteiger charge is -2.31. The third-order valence-electron chi connectivity index (χ3n) is 5.01. The number of amides is 1. The van der Waals surface area contributed by atoms with E-state index in [-0.39, 0.29) is 5.91 Å². The molecule has 0 bridgehead atoms. The van der Waals surface area contributed by atoms with Gasteiger partial charge in [0.15, 0.2) is 0 Å². The van der Waals surface area contributed by atoms with E-state index in [1.165, 1.54) is 5.70 Å². The lowest BCUT2D eigenvalue weighted by molar-refractivity contribution is -0.126. The van der Waals surface area contributed by atoms with Gasteiger partial charge in [0.2, 0.25) is 5.91 Å². The number of aromatic nitrogens is 1. The molecular weight excluding hydrogens is 360 g/mol. The summed E-state index contributed by atoms with van der Waals surface area (Å²) >= 11 is 6.41. The van der Waals surface area contributed by atoms with Gasteiger partial charge in [-0.1, -0.05) is 29.8 Å². The van der Waals surface area contributed by atoms with E-state index >= 15 is 0 Å². The van der Waals surface area contributed by atoms with Crippen molar-refractivity contribution in [3.8, 4) is 0 Å². The van der Waals surface area contributed by atoms with Gasteiger partial charge in [0.1, 0.15) is 0 Å². The fourth-order valence-electron chi connectivity index (χ4n) is 3.66. The number of allylic oxidation sites excluding steroid dienone is 1. The van der Waals surface area contributed by atoms with Crippen molar-refractivity contribution < 1.29 is 4.79 Å². The number of fused-ring (bicyclic) bond motifs is 1. The topological polar surface area (TPSA) is 39.7 Å². The van der Waals surface area contributed by atoms with Crippen molar-refractivity contribution in [1.82, 2.24) is 14.9 Å². The molecule has 2 aliphatic rings. The zero-order valence-electron chi connectivity index (χ0n) is 15.4. The van der Waals surface area contributed by atoms with Crippen molar-refractivity contribution in [2.45, 2.75) is 20.4 Å². The number of rotatable bonds is 3. The molecule has 0 radical (unpaired) electrons. The Morgan fingerprint density at radius 3 is 2.67 bits per heavy atom. The number of anilines is 1. The SMILES string of the molecule is CC(=O)N1C2=CCN(Cc3ccccn3)C(C)=C2CN1c1ccccc1Cl. The molecule has 2 aromatic rings. The molecule has 1 amide bonds. The van der Waals surface area contributed by atoms with Crippen LogP contribution in [0, 0.1) is 0 Å². The molecule has 1 saturated heterocycles. The zero-order chi connectivity index (χ0) is 19.0. The lowest BCUT2D eigenvalue weighted by Crippen LogP contribution is -2.39. The third-order valence-corrected chi connectivity index (χ3v) is 5.33. The maximum atomic E-state index is 12.4. The van der Waals surface area contributed by atoms with Crippen molar-refractivity contribution in [3.05, 3.63) is 82.4 Å². The fraction of sp³-hybridized carbons (Fsp3) is 0.238. The number of hydrazine groups is 1. The Bertz CT molecular complexity index is 938. The normalized spacial score (nSPS) is 16.6. The molecule has 6 heteroatoms. The highest BCUT2D eigenvalue weighted by molar-refractivity contribution is 6.33. The molecule has 3 heterocycles. The summed E-state index contributed by atoms with van der Waals surface area (Å²) in [5.41, 5.74) is 5.13. The van der Waals surface area contributed by atoms with Gasteiger partial charge < -0.3 is 4.90 Å². The van der Waals surface area contributed by atoms with Gasteiger partial charge in [-0.3, -0.25) is 14.8 Å². The smallest absolute Gasteiger partial charge is 0.242 e. The minimum Gasteiger partial charge on any atom is -0.365 e. The predicted molar refractivity (Wildman–Crippen MR) is 107 cm³/mol. The van der Waals surface area contributed by atoms with Crippen molar-refractivity contribution in [2.75, 3.05) is 18.1 Å². The Hall–Kier alpha value is -2.79. The second-order valence-corrected chi connectivity index (χ2v) is 7.10. The predicted octanol–water partition coefficient (Wildman–Crippen LogP) is 3.99. The Kier molecular flexibility index (Phi) is 4.62. The molecule has 138 valence electrons. The lowest BCUT2D eigenvalue weighted by atomic mass is 10.1. The van der Waals surface area contributed by atoms with Gasteiger partial charge >= 0.3 is 0 Å². The molecular formula is C21H21ClN4O. The van der Waals surface area contributed by atoms with Crippen molar-refractivity contribution in [3.63, 3.8) is 0 Å². The molecule has 0 spiro atoms. The molecule has 0 atom stereocenters. The number of benzene rings is 1. The van der Waals surface area contributed by atoms with Crippen LogP contribution in [-0.2, 0) is 11.3 Å². The number of carbonyl (C=O) groups is 1. The Morgan fingerprint density at radius 2 is 1.96 bits per heavy atom. The second kappa shape index (κ2) is 7.08. The van der Waals surface area contributed by atoms with Crippen molar-refractivity contribution in [1.29, 1.82) is 0 Å². The summed E-state index contributed by atoms with van der Waals surface area (Å²) in [7, 11) is 0. The van der Waals surface area contributed by atoms with Gasteiger partial charge in [-0.2, -0.15) is 0 Å². The minimum absolute atomic E-state index is 0.0258. The van der Waals surface area contributed by atoms with Gasteiger partial charge in [0.05, 0.1) is 35.2 Å². The first kappa shape index (κ1) is 17.6. The molecule has 0 aliphatic carbocycles. The molecule has 1 fully saturated rings. The van der Waals surface area contributed by atoms with Gasteiger partial charge in [-0.25, -0.2) is 5.01 Å². The number of para-hydroxylation sites is 1. The highest BCUT2D eigenvalue weighted by Crippen LogP contribution is 2.39. The molecule has 2 aliphatic heterocycles. The van der Waals surface area contributed by atoms with E-state index in [1.807, 2.05) is 53.7 Å². The van der Waals surface area contributed by atoms with Crippen LogP contribution in [0.25, 0.3) is 0 Å². The maximum Gasteiger partial charge on any atom is 0.242 e. The zero-order valence-corrected chi connectivity index (χ0v) is 16.1. The summed E-state index contributed by atoms with van der Waals surface area (Å²) in [4.78, 5) is 19.1. The summed E-state index contributed by atoms with van der Waals surface area (Å²) in [6.45, 7) is 5.79. The Morgan fingerprint density at radius 1 is 1.19 bits per heavy atom. The fourth-order valence-corrected chi connectivity index (χ4v) is 3.89. The summed E-state index contributed by atoms with van der Waals surface area (Å²) in [5.74, 6) is -0.0258. The number of hydrogen-bond acceptors (Lipinski definition) is 4. The molecule has 0 N–H and O–H groups in total. The first-order valence-electron chi connectivity index (χ1n) is 8.94. The number of pyridine rings is 1. The van der Waals surface area contributed by atoms with Crippen LogP contribution in [0.1, 0.15) is 19.5 Å². The average Bonchev–Trinajstić information content (AvgIpc) is 3.06. The number of carbonyl (C=O) groups excluding carboxylic acids is 1. The molecule has 1 aromatic heterocycles. The van der Waals surface area contributed by atoms with Gasteiger partial charge in [0.25, 0.3) is 0 Å². The maximum absolute atomic E-state index is 12.4. The van der Waals surface area contributed by atoms with E-state index < -0.39 is 0 Å². The molecule has 0 saturated carbocycles. The molecule has 4 rings (SSSR count). The van der Waals surface area contributed by atoms with Gasteiger partial charge in [-0.15, -0.1) is 0 Å². The average molecular weight is 381 g/mol. The van der Waals surface area contributed by atoms with Crippen LogP contribution in [0.2, 0.25) is 5.02 Å². The van der Waals surface area contributed by atoms with Crippen LogP contribution >= 0.6 is 11.6 Å². The van der Waals surface area contributed by atoms with Gasteiger partial charge in [0, 0.05) is 30.9 Å². The number of halogens is 1. The quantitative estimate of drug-likeness (QED) is 0.807. The van der Waals surface area contributed by atoms with Crippen LogP contribution in [0.15, 0.2) is 71.7 Å². The van der Waals surface area contributed by atoms with E-state index in [2.05, 4.69) is 22.9 Å². The largest absolute Gasteiger partial charge is 0.365 e. The first-order chi connectivity index (χ1) is 13.1. The van der Waals surface area contributed by atoms with Crippen LogP contribution < -0.4 is 5.01 Å². The molecule has 5 nitrogen and oxygen atoms in total. The monoisotopic (exact) mass is 380 g/mol. The standard InChI is InChI=1S/C21H21ClN4O/c1-15-18-14-25(21-9-4-3-8-19(21)22)26(16(2)27)20(18)10-12-24(15)13-17-7-5-6-11-23-17/h3-11H,12-14H2,1-2H3. The summed E-state index contributed by atoms with van der Waals surface area (Å²) in [6, 6.07) is 13.6. The van der Waals surface area contributed by atoms with E-state index in [4.69, 9.17) is 11.6 Å². The summed E-state index contributed by atoms with van der Waals surface area (Å²) < 4.78 is 0. The molecule has 0 unspecified atom stereocenters. The van der Waals surface area contributed by atoms with Crippen molar-refractivity contribution >= 4 is 23.2 Å². The van der Waals surface area contributed by atoms with Crippen LogP contribution in [0.5, 0.6) is 0 Å². The second-order valence-electron chi connectivity index (χ2n) is 6.69. The highest BCUT2D eigenvalue weighted by Gasteiger charge is 2.37. The minimum atomic E-state index is -0.0258. The molecule has 27 heavy (non-hydrogen) atoms. The van der Waals surface area contributed by atoms with Crippen LogP contribution in [-0.4, -0.2) is 33.9 Å². The highest BCUT2D eigenvalue weighted by atomic mass is 35.5. The van der Waals surface area contributed by atoms with Crippen LogP contribution in [0.4, 0.5) is 5.69 Å². The van der Waals surface area contributed by atoms with E-state index in [9.17, 15) is 4.79 Å². The van der Waals surface area contributed by atoms with Gasteiger partial charge in [-0.05, 0) is 37.3 Å². The van der Waals surface area contributed by atoms with E-state index in [0.29, 0.717) is 11.6 Å². The first-order valence-corrected chi connectivity index (χ1v) is 9.32. The summed E-state index contributed by atoms with van der Waals surface area (Å²) in [6.07, 6.45) is 3.93.